The fourth-order valence-corrected chi connectivity index (χ4v) is 3.06. The Kier molecular flexibility index (Phi) is 5.17. The van der Waals surface area contributed by atoms with E-state index >= 15 is 0 Å². The number of aromatic nitrogens is 1. The number of hydrogen-bond acceptors (Lipinski definition) is 4. The lowest BCUT2D eigenvalue weighted by atomic mass is 10.0. The van der Waals surface area contributed by atoms with Gasteiger partial charge in [-0.3, -0.25) is 4.84 Å². The van der Waals surface area contributed by atoms with Crippen molar-refractivity contribution in [1.29, 1.82) is 0 Å². The molecule has 134 valence electrons. The van der Waals surface area contributed by atoms with Gasteiger partial charge in [0.1, 0.15) is 5.82 Å². The van der Waals surface area contributed by atoms with E-state index in [0.717, 1.165) is 24.2 Å². The zero-order valence-corrected chi connectivity index (χ0v) is 14.2. The van der Waals surface area contributed by atoms with Gasteiger partial charge in [0.25, 0.3) is 0 Å². The van der Waals surface area contributed by atoms with Crippen LogP contribution >= 0.6 is 11.6 Å². The minimum atomic E-state index is -4.46. The number of hydroxylamine groups is 2. The van der Waals surface area contributed by atoms with E-state index in [4.69, 9.17) is 16.4 Å². The standard InChI is InChI=1S/C17H17ClF3N3O/c1-24-15(11-5-3-2-4-6-11)8-13(25-24)10-23-16-14(18)7-12(9-22-16)17(19,20)21/h2-7,9,13,15H,8,10H2,1H3,(H,22,23)/t13-,15+/m0/s1. The number of nitrogens with zero attached hydrogens (tertiary/aromatic N) is 2. The number of anilines is 1. The van der Waals surface area contributed by atoms with Crippen LogP contribution in [0.4, 0.5) is 19.0 Å². The van der Waals surface area contributed by atoms with Crippen LogP contribution in [-0.4, -0.2) is 29.7 Å². The number of benzene rings is 1. The van der Waals surface area contributed by atoms with Crippen molar-refractivity contribution in [2.24, 2.45) is 0 Å². The fourth-order valence-electron chi connectivity index (χ4n) is 2.82. The van der Waals surface area contributed by atoms with Crippen molar-refractivity contribution in [1.82, 2.24) is 10.0 Å². The van der Waals surface area contributed by atoms with E-state index in [1.807, 2.05) is 37.4 Å². The molecule has 1 aromatic heterocycles. The SMILES string of the molecule is CN1O[C@H](CNc2ncc(C(F)(F)F)cc2Cl)C[C@@H]1c1ccccc1. The molecule has 0 radical (unpaired) electrons. The molecule has 0 unspecified atom stereocenters. The van der Waals surface area contributed by atoms with Crippen LogP contribution < -0.4 is 5.32 Å². The van der Waals surface area contributed by atoms with Gasteiger partial charge >= 0.3 is 6.18 Å². The highest BCUT2D eigenvalue weighted by Gasteiger charge is 2.33. The van der Waals surface area contributed by atoms with Crippen molar-refractivity contribution < 1.29 is 18.0 Å². The van der Waals surface area contributed by atoms with Gasteiger partial charge in [-0.25, -0.2) is 4.98 Å². The zero-order valence-electron chi connectivity index (χ0n) is 13.4. The smallest absolute Gasteiger partial charge is 0.366 e. The quantitative estimate of drug-likeness (QED) is 0.856. The van der Waals surface area contributed by atoms with Gasteiger partial charge in [0, 0.05) is 19.8 Å². The van der Waals surface area contributed by atoms with Gasteiger partial charge in [0.05, 0.1) is 22.7 Å². The fraction of sp³-hybridized carbons (Fsp3) is 0.353. The van der Waals surface area contributed by atoms with Crippen molar-refractivity contribution in [3.05, 3.63) is 58.7 Å². The van der Waals surface area contributed by atoms with Crippen molar-refractivity contribution in [3.63, 3.8) is 0 Å². The first-order valence-corrected chi connectivity index (χ1v) is 8.13. The number of nitrogens with one attached hydrogen (secondary N) is 1. The summed E-state index contributed by atoms with van der Waals surface area (Å²) in [5.74, 6) is 0.212. The third-order valence-electron chi connectivity index (χ3n) is 4.09. The van der Waals surface area contributed by atoms with Crippen molar-refractivity contribution >= 4 is 17.4 Å². The van der Waals surface area contributed by atoms with Crippen molar-refractivity contribution in [3.8, 4) is 0 Å². The number of hydrogen-bond donors (Lipinski definition) is 1. The van der Waals surface area contributed by atoms with Gasteiger partial charge in [-0.15, -0.1) is 0 Å². The molecule has 0 bridgehead atoms. The molecule has 1 aliphatic rings. The molecule has 1 aromatic carbocycles. The maximum atomic E-state index is 12.6. The molecule has 0 spiro atoms. The van der Waals surface area contributed by atoms with Crippen molar-refractivity contribution in [2.75, 3.05) is 18.9 Å². The van der Waals surface area contributed by atoms with Crippen LogP contribution in [0.15, 0.2) is 42.6 Å². The van der Waals surface area contributed by atoms with E-state index in [9.17, 15) is 13.2 Å². The van der Waals surface area contributed by atoms with Crippen LogP contribution in [0.3, 0.4) is 0 Å². The molecule has 1 saturated heterocycles. The highest BCUT2D eigenvalue weighted by atomic mass is 35.5. The largest absolute Gasteiger partial charge is 0.417 e. The maximum Gasteiger partial charge on any atom is 0.417 e. The van der Waals surface area contributed by atoms with Crippen LogP contribution in [0.25, 0.3) is 0 Å². The molecule has 25 heavy (non-hydrogen) atoms. The van der Waals surface area contributed by atoms with E-state index in [1.54, 1.807) is 5.06 Å². The van der Waals surface area contributed by atoms with Gasteiger partial charge < -0.3 is 5.32 Å². The Morgan fingerprint density at radius 1 is 1.32 bits per heavy atom. The predicted octanol–water partition coefficient (Wildman–Crippen LogP) is 4.54. The predicted molar refractivity (Wildman–Crippen MR) is 89.2 cm³/mol. The Morgan fingerprint density at radius 3 is 2.68 bits per heavy atom. The molecule has 2 heterocycles. The second-order valence-electron chi connectivity index (χ2n) is 5.87. The Labute approximate surface area is 148 Å². The van der Waals surface area contributed by atoms with E-state index in [1.165, 1.54) is 0 Å². The third kappa shape index (κ3) is 4.23. The van der Waals surface area contributed by atoms with E-state index < -0.39 is 11.7 Å². The second kappa shape index (κ2) is 7.19. The second-order valence-corrected chi connectivity index (χ2v) is 6.28. The van der Waals surface area contributed by atoms with E-state index in [-0.39, 0.29) is 23.0 Å². The molecule has 2 aromatic rings. The minimum absolute atomic E-state index is 0.0687. The molecule has 0 amide bonds. The van der Waals surface area contributed by atoms with Crippen LogP contribution in [0.2, 0.25) is 5.02 Å². The summed E-state index contributed by atoms with van der Waals surface area (Å²) in [6.07, 6.45) is -3.07. The summed E-state index contributed by atoms with van der Waals surface area (Å²) in [4.78, 5) is 9.56. The Bertz CT molecular complexity index is 727. The molecule has 1 aliphatic heterocycles. The number of halogens is 4. The van der Waals surface area contributed by atoms with Crippen LogP contribution in [0.5, 0.6) is 0 Å². The monoisotopic (exact) mass is 371 g/mol. The maximum absolute atomic E-state index is 12.6. The third-order valence-corrected chi connectivity index (χ3v) is 4.38. The molecular weight excluding hydrogens is 355 g/mol. The van der Waals surface area contributed by atoms with E-state index in [2.05, 4.69) is 10.3 Å². The average molecular weight is 372 g/mol. The number of rotatable bonds is 4. The molecule has 3 rings (SSSR count). The summed E-state index contributed by atoms with van der Waals surface area (Å²) < 4.78 is 37.9. The molecular formula is C17H17ClF3N3O. The van der Waals surface area contributed by atoms with Crippen LogP contribution in [0.1, 0.15) is 23.6 Å². The molecule has 8 heteroatoms. The first-order chi connectivity index (χ1) is 11.8. The van der Waals surface area contributed by atoms with E-state index in [0.29, 0.717) is 6.54 Å². The Hall–Kier alpha value is -1.83. The van der Waals surface area contributed by atoms with Crippen molar-refractivity contribution in [2.45, 2.75) is 24.7 Å². The summed E-state index contributed by atoms with van der Waals surface area (Å²) >= 11 is 5.90. The zero-order chi connectivity index (χ0) is 18.0. The lowest BCUT2D eigenvalue weighted by Gasteiger charge is -2.17. The van der Waals surface area contributed by atoms with Gasteiger partial charge in [0.2, 0.25) is 0 Å². The van der Waals surface area contributed by atoms with Crippen LogP contribution in [0, 0.1) is 0 Å². The Morgan fingerprint density at radius 2 is 2.04 bits per heavy atom. The molecule has 2 atom stereocenters. The number of pyridine rings is 1. The molecule has 4 nitrogen and oxygen atoms in total. The van der Waals surface area contributed by atoms with Gasteiger partial charge in [-0.05, 0) is 18.1 Å². The van der Waals surface area contributed by atoms with Gasteiger partial charge in [-0.2, -0.15) is 18.2 Å². The summed E-state index contributed by atoms with van der Waals surface area (Å²) in [6, 6.07) is 11.0. The highest BCUT2D eigenvalue weighted by molar-refractivity contribution is 6.32. The first kappa shape index (κ1) is 18.0. The summed E-state index contributed by atoms with van der Waals surface area (Å²) in [6.45, 7) is 0.395. The first-order valence-electron chi connectivity index (χ1n) is 7.76. The van der Waals surface area contributed by atoms with Crippen LogP contribution in [-0.2, 0) is 11.0 Å². The van der Waals surface area contributed by atoms with Gasteiger partial charge in [0.15, 0.2) is 0 Å². The summed E-state index contributed by atoms with van der Waals surface area (Å²) in [7, 11) is 1.86. The Balaban J connectivity index is 1.61. The lowest BCUT2D eigenvalue weighted by Crippen LogP contribution is -2.22. The molecule has 0 aliphatic carbocycles. The molecule has 1 fully saturated rings. The summed E-state index contributed by atoms with van der Waals surface area (Å²) in [5, 5.41) is 4.69. The topological polar surface area (TPSA) is 37.4 Å². The minimum Gasteiger partial charge on any atom is -0.366 e. The lowest BCUT2D eigenvalue weighted by molar-refractivity contribution is -0.140. The summed E-state index contributed by atoms with van der Waals surface area (Å²) in [5.41, 5.74) is 0.280. The molecule has 1 N–H and O–H groups in total. The van der Waals surface area contributed by atoms with Gasteiger partial charge in [-0.1, -0.05) is 41.9 Å². The number of alkyl halides is 3. The average Bonchev–Trinajstić information content (AvgIpc) is 2.94. The normalized spacial score (nSPS) is 21.5. The highest BCUT2D eigenvalue weighted by Crippen LogP contribution is 2.34. The molecule has 0 saturated carbocycles.